The van der Waals surface area contributed by atoms with Gasteiger partial charge < -0.3 is 5.32 Å². The summed E-state index contributed by atoms with van der Waals surface area (Å²) in [6.45, 7) is 2.03. The lowest BCUT2D eigenvalue weighted by Gasteiger charge is -2.15. The van der Waals surface area contributed by atoms with E-state index in [1.54, 1.807) is 0 Å². The highest BCUT2D eigenvalue weighted by Gasteiger charge is 2.18. The van der Waals surface area contributed by atoms with Gasteiger partial charge in [-0.2, -0.15) is 0 Å². The zero-order valence-corrected chi connectivity index (χ0v) is 14.5. The molecule has 1 heterocycles. The summed E-state index contributed by atoms with van der Waals surface area (Å²) < 4.78 is 4.25. The molecule has 1 aromatic carbocycles. The number of benzene rings is 1. The van der Waals surface area contributed by atoms with Crippen molar-refractivity contribution in [1.29, 1.82) is 0 Å². The normalized spacial score (nSPS) is 15.8. The van der Waals surface area contributed by atoms with E-state index in [1.165, 1.54) is 25.7 Å². The summed E-state index contributed by atoms with van der Waals surface area (Å²) in [4.78, 5) is 4.63. The molecule has 3 rings (SSSR count). The van der Waals surface area contributed by atoms with Crippen LogP contribution in [0, 0.1) is 6.92 Å². The molecule has 20 heavy (non-hydrogen) atoms. The number of nitrogens with zero attached hydrogens (tertiary/aromatic N) is 2. The summed E-state index contributed by atoms with van der Waals surface area (Å²) in [6, 6.07) is 6.76. The number of hydrogen-bond donors (Lipinski definition) is 1. The van der Waals surface area contributed by atoms with Gasteiger partial charge in [0.2, 0.25) is 5.95 Å². The maximum absolute atomic E-state index is 4.63. The van der Waals surface area contributed by atoms with Gasteiger partial charge in [0.1, 0.15) is 0 Å². The van der Waals surface area contributed by atoms with Crippen LogP contribution in [-0.4, -0.2) is 15.6 Å². The molecule has 0 bridgehead atoms. The largest absolute Gasteiger partial charge is 0.353 e. The van der Waals surface area contributed by atoms with Crippen LogP contribution in [0.25, 0.3) is 5.69 Å². The predicted molar refractivity (Wildman–Crippen MR) is 89.6 cm³/mol. The minimum Gasteiger partial charge on any atom is -0.353 e. The van der Waals surface area contributed by atoms with E-state index in [0.717, 1.165) is 26.3 Å². The summed E-state index contributed by atoms with van der Waals surface area (Å²) in [7, 11) is 0. The summed E-state index contributed by atoms with van der Waals surface area (Å²) in [6.07, 6.45) is 7.20. The van der Waals surface area contributed by atoms with Crippen molar-refractivity contribution in [3.05, 3.63) is 39.0 Å². The summed E-state index contributed by atoms with van der Waals surface area (Å²) in [5.74, 6) is 0.942. The molecule has 0 radical (unpaired) electrons. The molecule has 0 spiro atoms. The molecule has 1 aliphatic carbocycles. The second-order valence-corrected chi connectivity index (χ2v) is 7.07. The Morgan fingerprint density at radius 2 is 2.00 bits per heavy atom. The van der Waals surface area contributed by atoms with Gasteiger partial charge in [0.05, 0.1) is 11.4 Å². The lowest BCUT2D eigenvalue weighted by Crippen LogP contribution is -2.17. The standard InChI is InChI=1S/C15H17Br2N3/c1-10-9-20(14-7-6-11(16)8-13(14)17)15(18-10)19-12-4-2-3-5-12/h6-9,12H,2-5H2,1H3,(H,18,19). The molecule has 1 aromatic heterocycles. The van der Waals surface area contributed by atoms with Crippen LogP contribution >= 0.6 is 31.9 Å². The van der Waals surface area contributed by atoms with Gasteiger partial charge in [-0.25, -0.2) is 4.98 Å². The molecule has 1 N–H and O–H groups in total. The molecule has 0 aliphatic heterocycles. The molecule has 5 heteroatoms. The third-order valence-corrected chi connectivity index (χ3v) is 4.81. The molecule has 0 unspecified atom stereocenters. The van der Waals surface area contributed by atoms with E-state index in [4.69, 9.17) is 0 Å². The zero-order chi connectivity index (χ0) is 14.1. The van der Waals surface area contributed by atoms with Crippen molar-refractivity contribution in [3.8, 4) is 5.69 Å². The first-order valence-electron chi connectivity index (χ1n) is 6.91. The first kappa shape index (κ1) is 14.1. The van der Waals surface area contributed by atoms with Gasteiger partial charge in [-0.15, -0.1) is 0 Å². The highest BCUT2D eigenvalue weighted by Crippen LogP contribution is 2.29. The van der Waals surface area contributed by atoms with E-state index in [1.807, 2.05) is 6.92 Å². The number of hydrogen-bond acceptors (Lipinski definition) is 2. The molecule has 1 aliphatic rings. The van der Waals surface area contributed by atoms with E-state index >= 15 is 0 Å². The Morgan fingerprint density at radius 3 is 2.70 bits per heavy atom. The smallest absolute Gasteiger partial charge is 0.207 e. The highest BCUT2D eigenvalue weighted by molar-refractivity contribution is 9.11. The van der Waals surface area contributed by atoms with Gasteiger partial charge in [0.25, 0.3) is 0 Å². The number of rotatable bonds is 3. The number of halogens is 2. The number of nitrogens with one attached hydrogen (secondary N) is 1. The highest BCUT2D eigenvalue weighted by atomic mass is 79.9. The number of imidazole rings is 1. The Balaban J connectivity index is 1.95. The quantitative estimate of drug-likeness (QED) is 0.782. The summed E-state index contributed by atoms with van der Waals surface area (Å²) in [5.41, 5.74) is 2.13. The fourth-order valence-electron chi connectivity index (χ4n) is 2.71. The molecule has 2 aromatic rings. The monoisotopic (exact) mass is 397 g/mol. The van der Waals surface area contributed by atoms with Crippen LogP contribution in [0.5, 0.6) is 0 Å². The molecule has 0 amide bonds. The van der Waals surface area contributed by atoms with Crippen molar-refractivity contribution >= 4 is 37.8 Å². The van der Waals surface area contributed by atoms with Crippen LogP contribution in [0.3, 0.4) is 0 Å². The molecule has 1 saturated carbocycles. The average molecular weight is 399 g/mol. The fourth-order valence-corrected chi connectivity index (χ4v) is 3.95. The van der Waals surface area contributed by atoms with E-state index < -0.39 is 0 Å². The Kier molecular flexibility index (Phi) is 4.17. The topological polar surface area (TPSA) is 29.9 Å². The zero-order valence-electron chi connectivity index (χ0n) is 11.4. The van der Waals surface area contributed by atoms with E-state index in [-0.39, 0.29) is 0 Å². The number of aromatic nitrogens is 2. The maximum Gasteiger partial charge on any atom is 0.207 e. The van der Waals surface area contributed by atoms with Gasteiger partial charge in [-0.3, -0.25) is 4.57 Å². The van der Waals surface area contributed by atoms with Gasteiger partial charge in [0.15, 0.2) is 0 Å². The predicted octanol–water partition coefficient (Wildman–Crippen LogP) is 5.06. The van der Waals surface area contributed by atoms with Crippen molar-refractivity contribution in [2.75, 3.05) is 5.32 Å². The van der Waals surface area contributed by atoms with Crippen LogP contribution in [-0.2, 0) is 0 Å². The minimum atomic E-state index is 0.560. The lowest BCUT2D eigenvalue weighted by atomic mass is 10.2. The van der Waals surface area contributed by atoms with Crippen molar-refractivity contribution in [3.63, 3.8) is 0 Å². The van der Waals surface area contributed by atoms with Gasteiger partial charge in [-0.05, 0) is 53.9 Å². The lowest BCUT2D eigenvalue weighted by molar-refractivity contribution is 0.740. The molecule has 0 saturated heterocycles. The Labute approximate surface area is 136 Å². The number of aryl methyl sites for hydroxylation is 1. The van der Waals surface area contributed by atoms with Crippen LogP contribution in [0.15, 0.2) is 33.3 Å². The Hall–Kier alpha value is -0.810. The van der Waals surface area contributed by atoms with Gasteiger partial charge in [0, 0.05) is 21.2 Å². The molecular weight excluding hydrogens is 382 g/mol. The second-order valence-electron chi connectivity index (χ2n) is 5.30. The Morgan fingerprint density at radius 1 is 1.25 bits per heavy atom. The molecule has 0 atom stereocenters. The average Bonchev–Trinajstić information content (AvgIpc) is 3.00. The summed E-state index contributed by atoms with van der Waals surface area (Å²) in [5, 5.41) is 3.59. The van der Waals surface area contributed by atoms with E-state index in [9.17, 15) is 0 Å². The minimum absolute atomic E-state index is 0.560. The first-order valence-corrected chi connectivity index (χ1v) is 8.50. The second kappa shape index (κ2) is 5.90. The Bertz CT molecular complexity index is 616. The van der Waals surface area contributed by atoms with Gasteiger partial charge >= 0.3 is 0 Å². The van der Waals surface area contributed by atoms with Crippen molar-refractivity contribution in [2.45, 2.75) is 38.6 Å². The van der Waals surface area contributed by atoms with Crippen LogP contribution < -0.4 is 5.32 Å². The van der Waals surface area contributed by atoms with Crippen molar-refractivity contribution in [2.24, 2.45) is 0 Å². The SMILES string of the molecule is Cc1cn(-c2ccc(Br)cc2Br)c(NC2CCCC2)n1. The van der Waals surface area contributed by atoms with Crippen LogP contribution in [0.1, 0.15) is 31.4 Å². The molecule has 1 fully saturated rings. The third kappa shape index (κ3) is 2.93. The van der Waals surface area contributed by atoms with Crippen LogP contribution in [0.2, 0.25) is 0 Å². The maximum atomic E-state index is 4.63. The molecular formula is C15H17Br2N3. The molecule has 3 nitrogen and oxygen atoms in total. The van der Waals surface area contributed by atoms with E-state index in [0.29, 0.717) is 6.04 Å². The molecule has 106 valence electrons. The van der Waals surface area contributed by atoms with Crippen LogP contribution in [0.4, 0.5) is 5.95 Å². The first-order chi connectivity index (χ1) is 9.63. The third-order valence-electron chi connectivity index (χ3n) is 3.68. The van der Waals surface area contributed by atoms with Crippen molar-refractivity contribution in [1.82, 2.24) is 9.55 Å². The fraction of sp³-hybridized carbons (Fsp3) is 0.400. The summed E-state index contributed by atoms with van der Waals surface area (Å²) >= 11 is 7.13. The number of anilines is 1. The van der Waals surface area contributed by atoms with Crippen molar-refractivity contribution < 1.29 is 0 Å². The van der Waals surface area contributed by atoms with E-state index in [2.05, 4.69) is 71.1 Å². The van der Waals surface area contributed by atoms with Gasteiger partial charge in [-0.1, -0.05) is 28.8 Å².